The van der Waals surface area contributed by atoms with Crippen molar-refractivity contribution in [1.29, 1.82) is 0 Å². The Kier molecular flexibility index (Phi) is 7.24. The Bertz CT molecular complexity index is 1620. The summed E-state index contributed by atoms with van der Waals surface area (Å²) in [5.41, 5.74) is -2.91. The lowest BCUT2D eigenvalue weighted by Crippen LogP contribution is -2.54. The van der Waals surface area contributed by atoms with Gasteiger partial charge in [-0.3, -0.25) is 35.1 Å². The van der Waals surface area contributed by atoms with E-state index in [2.05, 4.69) is 0 Å². The van der Waals surface area contributed by atoms with Crippen LogP contribution < -0.4 is 15.0 Å². The van der Waals surface area contributed by atoms with E-state index in [1.54, 1.807) is 0 Å². The topological polar surface area (TPSA) is 162 Å². The third-order valence-electron chi connectivity index (χ3n) is 5.39. The summed E-state index contributed by atoms with van der Waals surface area (Å²) in [6.07, 6.45) is -3.74. The van der Waals surface area contributed by atoms with Gasteiger partial charge in [-0.15, -0.1) is 0 Å². The van der Waals surface area contributed by atoms with Gasteiger partial charge >= 0.3 is 17.9 Å². The van der Waals surface area contributed by atoms with Crippen LogP contribution in [0.2, 0.25) is 5.02 Å². The van der Waals surface area contributed by atoms with Crippen molar-refractivity contribution in [3.8, 4) is 11.5 Å². The monoisotopic (exact) mass is 576 g/mol. The van der Waals surface area contributed by atoms with Gasteiger partial charge in [0.25, 0.3) is 17.5 Å². The third-order valence-corrected chi connectivity index (χ3v) is 5.69. The molecule has 3 aromatic carbocycles. The Balaban J connectivity index is 1.62. The minimum Gasteiger partial charge on any atom is -0.449 e. The largest absolute Gasteiger partial charge is 0.449 e. The van der Waals surface area contributed by atoms with Gasteiger partial charge < -0.3 is 4.74 Å². The maximum absolute atomic E-state index is 13.0. The lowest BCUT2D eigenvalue weighted by Gasteiger charge is -2.26. The number of barbiturate groups is 1. The van der Waals surface area contributed by atoms with Crippen LogP contribution in [0.5, 0.6) is 11.5 Å². The zero-order chi connectivity index (χ0) is 29.4. The number of rotatable bonds is 6. The van der Waals surface area contributed by atoms with Crippen LogP contribution in [0, 0.1) is 20.2 Å². The van der Waals surface area contributed by atoms with Gasteiger partial charge in [0.15, 0.2) is 0 Å². The van der Waals surface area contributed by atoms with Gasteiger partial charge in [0.1, 0.15) is 11.3 Å². The minimum atomic E-state index is -4.82. The van der Waals surface area contributed by atoms with Crippen LogP contribution in [-0.2, 0) is 15.8 Å². The van der Waals surface area contributed by atoms with E-state index in [0.29, 0.717) is 17.0 Å². The van der Waals surface area contributed by atoms with Crippen molar-refractivity contribution in [2.45, 2.75) is 6.18 Å². The van der Waals surface area contributed by atoms with Crippen molar-refractivity contribution in [1.82, 2.24) is 5.32 Å². The SMILES string of the molecule is O=C1NC(=O)N(c2ccc([N+](=O)[O-])cc2)C(=O)/C1=C/c1ccc(Oc2ccc(C(F)(F)F)cc2[N+](=O)[O-])c(Cl)c1. The number of amides is 4. The number of imide groups is 2. The Morgan fingerprint density at radius 2 is 1.55 bits per heavy atom. The molecule has 1 aliphatic heterocycles. The molecule has 1 N–H and O–H groups in total. The lowest BCUT2D eigenvalue weighted by atomic mass is 10.1. The normalized spacial score (nSPS) is 14.8. The number of urea groups is 1. The average Bonchev–Trinajstić information content (AvgIpc) is 2.87. The average molecular weight is 577 g/mol. The first kappa shape index (κ1) is 27.7. The van der Waals surface area contributed by atoms with E-state index >= 15 is 0 Å². The van der Waals surface area contributed by atoms with Gasteiger partial charge in [-0.05, 0) is 48.0 Å². The smallest absolute Gasteiger partial charge is 0.416 e. The van der Waals surface area contributed by atoms with E-state index in [0.717, 1.165) is 36.4 Å². The highest BCUT2D eigenvalue weighted by molar-refractivity contribution is 6.39. The molecule has 0 atom stereocenters. The minimum absolute atomic E-state index is 0.0496. The molecule has 0 bridgehead atoms. The van der Waals surface area contributed by atoms with E-state index in [-0.39, 0.29) is 27.7 Å². The van der Waals surface area contributed by atoms with Crippen molar-refractivity contribution >= 4 is 52.6 Å². The molecule has 1 heterocycles. The summed E-state index contributed by atoms with van der Waals surface area (Å²) < 4.78 is 44.2. The number of anilines is 1. The Morgan fingerprint density at radius 3 is 2.12 bits per heavy atom. The Hall–Kier alpha value is -5.31. The number of nitrogens with zero attached hydrogens (tertiary/aromatic N) is 3. The third kappa shape index (κ3) is 5.58. The van der Waals surface area contributed by atoms with Crippen LogP contribution in [0.4, 0.5) is 35.0 Å². The molecule has 4 rings (SSSR count). The molecule has 16 heteroatoms. The van der Waals surface area contributed by atoms with E-state index in [9.17, 15) is 47.8 Å². The molecule has 4 amide bonds. The number of non-ortho nitro benzene ring substituents is 1. The fourth-order valence-electron chi connectivity index (χ4n) is 3.51. The first-order chi connectivity index (χ1) is 18.8. The second kappa shape index (κ2) is 10.5. The van der Waals surface area contributed by atoms with Crippen LogP contribution in [0.25, 0.3) is 6.08 Å². The molecule has 12 nitrogen and oxygen atoms in total. The van der Waals surface area contributed by atoms with Gasteiger partial charge in [0.2, 0.25) is 5.75 Å². The van der Waals surface area contributed by atoms with Crippen LogP contribution in [-0.4, -0.2) is 27.7 Å². The van der Waals surface area contributed by atoms with Gasteiger partial charge in [0, 0.05) is 18.2 Å². The number of nitrogens with one attached hydrogen (secondary N) is 1. The van der Waals surface area contributed by atoms with Crippen LogP contribution >= 0.6 is 11.6 Å². The number of halogens is 4. The zero-order valence-electron chi connectivity index (χ0n) is 19.5. The fraction of sp³-hybridized carbons (Fsp3) is 0.0417. The molecule has 0 radical (unpaired) electrons. The second-order valence-corrected chi connectivity index (χ2v) is 8.37. The van der Waals surface area contributed by atoms with E-state index in [1.807, 2.05) is 5.32 Å². The molecule has 204 valence electrons. The number of carbonyl (C=O) groups excluding carboxylic acids is 3. The molecule has 1 aliphatic rings. The lowest BCUT2D eigenvalue weighted by molar-refractivity contribution is -0.385. The summed E-state index contributed by atoms with van der Waals surface area (Å²) in [6, 6.07) is 8.70. The number of alkyl halides is 3. The Labute approximate surface area is 225 Å². The van der Waals surface area contributed by atoms with Crippen molar-refractivity contribution in [3.05, 3.63) is 103 Å². The first-order valence-corrected chi connectivity index (χ1v) is 11.1. The fourth-order valence-corrected chi connectivity index (χ4v) is 3.74. The molecule has 3 aromatic rings. The predicted molar refractivity (Wildman–Crippen MR) is 132 cm³/mol. The predicted octanol–water partition coefficient (Wildman–Crippen LogP) is 5.63. The number of ether oxygens (including phenoxy) is 1. The summed E-state index contributed by atoms with van der Waals surface area (Å²) in [5.74, 6) is -2.79. The standard InChI is InChI=1S/C24H12ClF3N4O8/c25-17-10-12(1-7-19(17)40-20-8-2-13(24(26,27)28)11-18(20)32(38)39)9-16-21(33)29-23(35)30(22(16)34)14-3-5-15(6-4-14)31(36)37/h1-11H,(H,29,33,35)/b16-9+. The highest BCUT2D eigenvalue weighted by Crippen LogP contribution is 2.39. The maximum atomic E-state index is 13.0. The van der Waals surface area contributed by atoms with Gasteiger partial charge in [-0.25, -0.2) is 9.69 Å². The summed E-state index contributed by atoms with van der Waals surface area (Å²) in [6.45, 7) is 0. The van der Waals surface area contributed by atoms with Gasteiger partial charge in [0.05, 0.1) is 26.1 Å². The maximum Gasteiger partial charge on any atom is 0.416 e. The second-order valence-electron chi connectivity index (χ2n) is 7.96. The number of carbonyl (C=O) groups is 3. The van der Waals surface area contributed by atoms with E-state index < -0.39 is 56.4 Å². The summed E-state index contributed by atoms with van der Waals surface area (Å²) in [4.78, 5) is 58.8. The summed E-state index contributed by atoms with van der Waals surface area (Å²) in [5, 5.41) is 24.0. The molecule has 0 unspecified atom stereocenters. The quantitative estimate of drug-likeness (QED) is 0.171. The molecular weight excluding hydrogens is 565 g/mol. The van der Waals surface area contributed by atoms with Crippen molar-refractivity contribution < 1.29 is 42.1 Å². The highest BCUT2D eigenvalue weighted by atomic mass is 35.5. The number of nitro benzene ring substituents is 2. The molecule has 1 fully saturated rings. The molecule has 0 aliphatic carbocycles. The van der Waals surface area contributed by atoms with Crippen LogP contribution in [0.1, 0.15) is 11.1 Å². The summed E-state index contributed by atoms with van der Waals surface area (Å²) in [7, 11) is 0. The number of nitro groups is 2. The number of benzene rings is 3. The molecule has 40 heavy (non-hydrogen) atoms. The van der Waals surface area contributed by atoms with Crippen molar-refractivity contribution in [3.63, 3.8) is 0 Å². The van der Waals surface area contributed by atoms with Gasteiger partial charge in [-0.2, -0.15) is 13.2 Å². The van der Waals surface area contributed by atoms with E-state index in [4.69, 9.17) is 16.3 Å². The molecule has 1 saturated heterocycles. The molecular formula is C24H12ClF3N4O8. The molecule has 0 aromatic heterocycles. The number of hydrogen-bond acceptors (Lipinski definition) is 8. The van der Waals surface area contributed by atoms with E-state index in [1.165, 1.54) is 18.2 Å². The first-order valence-electron chi connectivity index (χ1n) is 10.7. The number of hydrogen-bond donors (Lipinski definition) is 1. The van der Waals surface area contributed by atoms with Crippen LogP contribution in [0.15, 0.2) is 66.2 Å². The van der Waals surface area contributed by atoms with Crippen LogP contribution in [0.3, 0.4) is 0 Å². The Morgan fingerprint density at radius 1 is 0.900 bits per heavy atom. The van der Waals surface area contributed by atoms with Crippen molar-refractivity contribution in [2.24, 2.45) is 0 Å². The van der Waals surface area contributed by atoms with Crippen molar-refractivity contribution in [2.75, 3.05) is 4.90 Å². The molecule has 0 saturated carbocycles. The van der Waals surface area contributed by atoms with Gasteiger partial charge in [-0.1, -0.05) is 17.7 Å². The highest BCUT2D eigenvalue weighted by Gasteiger charge is 2.37. The summed E-state index contributed by atoms with van der Waals surface area (Å²) >= 11 is 6.18. The zero-order valence-corrected chi connectivity index (χ0v) is 20.2. The molecule has 0 spiro atoms.